The van der Waals surface area contributed by atoms with E-state index in [0.29, 0.717) is 5.56 Å². The Morgan fingerprint density at radius 1 is 1.07 bits per heavy atom. The molecule has 0 spiro atoms. The summed E-state index contributed by atoms with van der Waals surface area (Å²) in [5.41, 5.74) is 0.493. The molecule has 0 fully saturated rings. The van der Waals surface area contributed by atoms with Gasteiger partial charge in [0.2, 0.25) is 0 Å². The summed E-state index contributed by atoms with van der Waals surface area (Å²) in [4.78, 5) is 28.4. The van der Waals surface area contributed by atoms with E-state index in [1.54, 1.807) is 49.8 Å². The molecule has 0 saturated heterocycles. The molecule has 1 heterocycles. The monoisotopic (exact) mass is 673 g/mol. The maximum absolute atomic E-state index is 13.5. The number of ether oxygens (including phenoxy) is 3. The van der Waals surface area contributed by atoms with E-state index in [1.807, 2.05) is 6.92 Å². The largest absolute Gasteiger partial charge is 0.579 e. The topological polar surface area (TPSA) is 166 Å². The fourth-order valence-electron chi connectivity index (χ4n) is 3.83. The van der Waals surface area contributed by atoms with Crippen molar-refractivity contribution in [3.63, 3.8) is 0 Å². The average Bonchev–Trinajstić information content (AvgIpc) is 3.41. The molecule has 0 aliphatic heterocycles. The lowest BCUT2D eigenvalue weighted by molar-refractivity contribution is -1.15. The SMILES string of the molecule is CCN(CCOC(=O)NS(=O)(=O)c1ccc(-n2nc(C(F)(F)F)cc2-c2ccc(C)cc2)cc1)[NH+]([O-])OC(C)OC(=O)OC(C)C. The van der Waals surface area contributed by atoms with E-state index in [1.165, 1.54) is 19.1 Å². The fourth-order valence-corrected chi connectivity index (χ4v) is 4.72. The van der Waals surface area contributed by atoms with Crippen LogP contribution in [0.15, 0.2) is 59.5 Å². The van der Waals surface area contributed by atoms with Gasteiger partial charge in [0.1, 0.15) is 6.61 Å². The van der Waals surface area contributed by atoms with Crippen LogP contribution in [0.25, 0.3) is 16.9 Å². The molecule has 0 aliphatic rings. The summed E-state index contributed by atoms with van der Waals surface area (Å²) in [7, 11) is -4.45. The van der Waals surface area contributed by atoms with Crippen molar-refractivity contribution in [1.82, 2.24) is 19.5 Å². The zero-order chi connectivity index (χ0) is 34.2. The highest BCUT2D eigenvalue weighted by atomic mass is 32.2. The van der Waals surface area contributed by atoms with Crippen molar-refractivity contribution in [2.24, 2.45) is 0 Å². The number of sulfonamides is 1. The van der Waals surface area contributed by atoms with E-state index in [9.17, 15) is 36.4 Å². The average molecular weight is 674 g/mol. The first kappa shape index (κ1) is 36.2. The Labute approximate surface area is 263 Å². The Bertz CT molecular complexity index is 1580. The number of benzene rings is 2. The zero-order valence-corrected chi connectivity index (χ0v) is 26.3. The number of rotatable bonds is 13. The van der Waals surface area contributed by atoms with Crippen LogP contribution >= 0.6 is 0 Å². The van der Waals surface area contributed by atoms with Crippen molar-refractivity contribution in [3.8, 4) is 16.9 Å². The molecule has 14 nitrogen and oxygen atoms in total. The van der Waals surface area contributed by atoms with Crippen molar-refractivity contribution in [3.05, 3.63) is 71.1 Å². The molecule has 3 aromatic rings. The van der Waals surface area contributed by atoms with Gasteiger partial charge < -0.3 is 19.4 Å². The summed E-state index contributed by atoms with van der Waals surface area (Å²) in [6, 6.07) is 12.3. The second-order valence-corrected chi connectivity index (χ2v) is 11.7. The van der Waals surface area contributed by atoms with Crippen LogP contribution in [0, 0.1) is 12.1 Å². The Balaban J connectivity index is 1.61. The maximum Gasteiger partial charge on any atom is 0.511 e. The standard InChI is InChI=1S/C28H34F3N5O9S/c1-6-34(36(39)45-20(5)44-27(38)43-18(2)3)15-16-42-26(37)33-46(40,41)23-13-11-22(12-14-23)35-24(17-25(32-35)28(29,30)31)21-9-7-19(4)8-10-21/h7-14,17-18,20,36H,6,15-16H2,1-5H3,(H,33,37). The van der Waals surface area contributed by atoms with E-state index < -0.39 is 58.5 Å². The Hall–Kier alpha value is -4.23. The van der Waals surface area contributed by atoms with Gasteiger partial charge in [-0.3, -0.25) is 0 Å². The first-order chi connectivity index (χ1) is 21.5. The van der Waals surface area contributed by atoms with Crippen molar-refractivity contribution >= 4 is 22.3 Å². The zero-order valence-electron chi connectivity index (χ0n) is 25.5. The number of likely N-dealkylation sites (N-methyl/N-ethyl adjacent to an activating group) is 1. The molecule has 2 aromatic carbocycles. The minimum Gasteiger partial charge on any atom is -0.579 e. The smallest absolute Gasteiger partial charge is 0.511 e. The third kappa shape index (κ3) is 10.1. The molecule has 3 rings (SSSR count). The number of amides is 1. The van der Waals surface area contributed by atoms with E-state index >= 15 is 0 Å². The van der Waals surface area contributed by atoms with Gasteiger partial charge in [0, 0.05) is 19.0 Å². The number of carbonyl (C=O) groups is 2. The molecule has 2 unspecified atom stereocenters. The minimum absolute atomic E-state index is 0.115. The van der Waals surface area contributed by atoms with Crippen LogP contribution < -0.4 is 10.1 Å². The number of aromatic nitrogens is 2. The highest BCUT2D eigenvalue weighted by molar-refractivity contribution is 7.90. The van der Waals surface area contributed by atoms with Crippen molar-refractivity contribution < 1.29 is 55.6 Å². The molecular weight excluding hydrogens is 639 g/mol. The molecule has 1 aromatic heterocycles. The number of aryl methyl sites for hydroxylation is 1. The number of hydrogen-bond donors (Lipinski definition) is 2. The highest BCUT2D eigenvalue weighted by Crippen LogP contribution is 2.33. The molecule has 252 valence electrons. The lowest BCUT2D eigenvalue weighted by Crippen LogP contribution is -3.14. The van der Waals surface area contributed by atoms with Crippen molar-refractivity contribution in [2.45, 2.75) is 58.1 Å². The maximum atomic E-state index is 13.5. The van der Waals surface area contributed by atoms with Crippen molar-refractivity contribution in [2.75, 3.05) is 19.7 Å². The number of halogens is 3. The molecule has 2 N–H and O–H groups in total. The summed E-state index contributed by atoms with van der Waals surface area (Å²) in [6.07, 6.45) is -8.81. The Morgan fingerprint density at radius 2 is 1.70 bits per heavy atom. The Kier molecular flexibility index (Phi) is 12.1. The minimum atomic E-state index is -4.72. The van der Waals surface area contributed by atoms with Crippen LogP contribution in [0.1, 0.15) is 39.0 Å². The molecule has 0 bridgehead atoms. The number of hydrogen-bond acceptors (Lipinski definition) is 11. The molecule has 0 radical (unpaired) electrons. The van der Waals surface area contributed by atoms with Crippen LogP contribution in [-0.2, 0) is 35.2 Å². The summed E-state index contributed by atoms with van der Waals surface area (Å²) in [5, 5.41) is 16.2. The fraction of sp³-hybridized carbons (Fsp3) is 0.393. The molecule has 0 saturated carbocycles. The lowest BCUT2D eigenvalue weighted by Gasteiger charge is -2.31. The van der Waals surface area contributed by atoms with Gasteiger partial charge in [-0.2, -0.15) is 18.3 Å². The third-order valence-electron chi connectivity index (χ3n) is 6.05. The van der Waals surface area contributed by atoms with Gasteiger partial charge in [-0.15, -0.1) is 15.2 Å². The van der Waals surface area contributed by atoms with E-state index in [2.05, 4.69) is 5.10 Å². The van der Waals surface area contributed by atoms with Gasteiger partial charge in [0.15, 0.2) is 5.69 Å². The quantitative estimate of drug-likeness (QED) is 0.154. The van der Waals surface area contributed by atoms with E-state index in [-0.39, 0.29) is 29.4 Å². The van der Waals surface area contributed by atoms with Gasteiger partial charge in [0.05, 0.1) is 28.9 Å². The molecule has 0 aliphatic carbocycles. The van der Waals surface area contributed by atoms with Crippen molar-refractivity contribution in [1.29, 1.82) is 0 Å². The number of nitrogens with one attached hydrogen (secondary N) is 2. The predicted octanol–water partition coefficient (Wildman–Crippen LogP) is 3.74. The summed E-state index contributed by atoms with van der Waals surface area (Å²) in [6.45, 7) is 7.45. The van der Waals surface area contributed by atoms with Gasteiger partial charge in [-0.05, 0) is 58.0 Å². The first-order valence-electron chi connectivity index (χ1n) is 13.9. The number of nitrogens with zero attached hydrogens (tertiary/aromatic N) is 3. The molecular formula is C28H34F3N5O9S. The predicted molar refractivity (Wildman–Crippen MR) is 155 cm³/mol. The van der Waals surface area contributed by atoms with Gasteiger partial charge in [0.25, 0.3) is 16.3 Å². The second kappa shape index (κ2) is 15.4. The molecule has 46 heavy (non-hydrogen) atoms. The normalized spacial score (nSPS) is 13.4. The van der Waals surface area contributed by atoms with Gasteiger partial charge in [-0.1, -0.05) is 29.8 Å². The number of alkyl halides is 3. The van der Waals surface area contributed by atoms with Gasteiger partial charge >= 0.3 is 18.4 Å². The summed E-state index contributed by atoms with van der Waals surface area (Å²) in [5.74, 6) is 0. The third-order valence-corrected chi connectivity index (χ3v) is 7.38. The van der Waals surface area contributed by atoms with Crippen LogP contribution in [0.5, 0.6) is 0 Å². The van der Waals surface area contributed by atoms with E-state index in [0.717, 1.165) is 33.5 Å². The van der Waals surface area contributed by atoms with Crippen LogP contribution in [0.3, 0.4) is 0 Å². The van der Waals surface area contributed by atoms with E-state index in [4.69, 9.17) is 19.0 Å². The number of quaternary nitrogens is 1. The highest BCUT2D eigenvalue weighted by Gasteiger charge is 2.35. The van der Waals surface area contributed by atoms with Crippen LogP contribution in [0.2, 0.25) is 0 Å². The molecule has 2 atom stereocenters. The second-order valence-electron chi connectivity index (χ2n) is 9.99. The molecule has 1 amide bonds. The number of carbonyl (C=O) groups excluding carboxylic acids is 2. The molecule has 18 heteroatoms. The first-order valence-corrected chi connectivity index (χ1v) is 15.4. The van der Waals surface area contributed by atoms with Gasteiger partial charge in [-0.25, -0.2) is 27.4 Å². The summed E-state index contributed by atoms with van der Waals surface area (Å²) < 4.78 is 83.2. The lowest BCUT2D eigenvalue weighted by atomic mass is 10.1. The Morgan fingerprint density at radius 3 is 2.26 bits per heavy atom. The van der Waals surface area contributed by atoms with Crippen LogP contribution in [-0.4, -0.2) is 67.5 Å². The summed E-state index contributed by atoms with van der Waals surface area (Å²) >= 11 is 0. The van der Waals surface area contributed by atoms with Crippen LogP contribution in [0.4, 0.5) is 22.8 Å².